The van der Waals surface area contributed by atoms with Gasteiger partial charge in [0.15, 0.2) is 5.83 Å². The summed E-state index contributed by atoms with van der Waals surface area (Å²) in [5, 5.41) is 9.74. The molecule has 0 saturated heterocycles. The maximum absolute atomic E-state index is 12.8. The zero-order valence-corrected chi connectivity index (χ0v) is 7.08. The molecule has 0 bridgehead atoms. The molecule has 3 nitrogen and oxygen atoms in total. The fraction of sp³-hybridized carbons (Fsp3) is 0.429. The van der Waals surface area contributed by atoms with E-state index in [0.29, 0.717) is 0 Å². The molecule has 0 aromatic carbocycles. The minimum absolute atomic E-state index is 0.202. The van der Waals surface area contributed by atoms with Crippen molar-refractivity contribution in [1.82, 2.24) is 0 Å². The first-order valence-electron chi connectivity index (χ1n) is 3.40. The summed E-state index contributed by atoms with van der Waals surface area (Å²) in [5.41, 5.74) is -0.487. The van der Waals surface area contributed by atoms with Gasteiger partial charge in [0.25, 0.3) is 0 Å². The van der Waals surface area contributed by atoms with Gasteiger partial charge in [0.2, 0.25) is 0 Å². The smallest absolute Gasteiger partial charge is 0.258 e. The van der Waals surface area contributed by atoms with Gasteiger partial charge in [-0.25, -0.2) is 0 Å². The SMILES string of the molecule is CC1C=C([N+](=O)[O-])C(F)=CC1Cl. The van der Waals surface area contributed by atoms with Gasteiger partial charge in [-0.05, 0) is 6.08 Å². The van der Waals surface area contributed by atoms with Crippen molar-refractivity contribution in [2.45, 2.75) is 12.3 Å². The number of nitrogens with zero attached hydrogens (tertiary/aromatic N) is 1. The Morgan fingerprint density at radius 2 is 2.25 bits per heavy atom. The third-order valence-electron chi connectivity index (χ3n) is 1.67. The van der Waals surface area contributed by atoms with Crippen LogP contribution in [-0.4, -0.2) is 10.3 Å². The molecule has 2 unspecified atom stereocenters. The third kappa shape index (κ3) is 1.64. The standard InChI is InChI=1S/C7H7ClFNO2/c1-4-2-7(10(11)12)6(9)3-5(4)8/h2-5H,1H3. The fourth-order valence-electron chi connectivity index (χ4n) is 0.946. The van der Waals surface area contributed by atoms with Crippen LogP contribution in [0.4, 0.5) is 4.39 Å². The van der Waals surface area contributed by atoms with Crippen molar-refractivity contribution in [1.29, 1.82) is 0 Å². The molecule has 0 spiro atoms. The highest BCUT2D eigenvalue weighted by molar-refractivity contribution is 6.22. The van der Waals surface area contributed by atoms with Crippen molar-refractivity contribution in [2.75, 3.05) is 0 Å². The van der Waals surface area contributed by atoms with E-state index in [1.165, 1.54) is 6.08 Å². The quantitative estimate of drug-likeness (QED) is 0.363. The minimum Gasteiger partial charge on any atom is -0.258 e. The first-order chi connectivity index (χ1) is 5.52. The summed E-state index contributed by atoms with van der Waals surface area (Å²) in [6, 6.07) is 0. The van der Waals surface area contributed by atoms with E-state index in [2.05, 4.69) is 0 Å². The van der Waals surface area contributed by atoms with Gasteiger partial charge in [-0.1, -0.05) is 6.92 Å². The van der Waals surface area contributed by atoms with Gasteiger partial charge < -0.3 is 0 Å². The van der Waals surface area contributed by atoms with E-state index in [-0.39, 0.29) is 5.92 Å². The van der Waals surface area contributed by atoms with Gasteiger partial charge in [-0.2, -0.15) is 4.39 Å². The number of hydrogen-bond donors (Lipinski definition) is 0. The molecule has 0 aromatic rings. The summed E-state index contributed by atoms with van der Waals surface area (Å²) in [4.78, 5) is 9.49. The Morgan fingerprint density at radius 3 is 2.75 bits per heavy atom. The Morgan fingerprint density at radius 1 is 1.67 bits per heavy atom. The largest absolute Gasteiger partial charge is 0.300 e. The molecule has 0 radical (unpaired) electrons. The van der Waals surface area contributed by atoms with Crippen molar-refractivity contribution >= 4 is 11.6 Å². The molecule has 0 amide bonds. The molecule has 0 saturated carbocycles. The molecule has 1 aliphatic carbocycles. The Kier molecular flexibility index (Phi) is 2.47. The van der Waals surface area contributed by atoms with Gasteiger partial charge in [-0.3, -0.25) is 10.1 Å². The van der Waals surface area contributed by atoms with Crippen LogP contribution in [-0.2, 0) is 0 Å². The topological polar surface area (TPSA) is 43.1 Å². The number of nitro groups is 1. The monoisotopic (exact) mass is 191 g/mol. The predicted octanol–water partition coefficient (Wildman–Crippen LogP) is 2.26. The molecule has 5 heteroatoms. The molecule has 1 aliphatic rings. The minimum atomic E-state index is -0.849. The summed E-state index contributed by atoms with van der Waals surface area (Å²) in [5.74, 6) is -1.05. The Bertz CT molecular complexity index is 275. The van der Waals surface area contributed by atoms with E-state index in [0.717, 1.165) is 6.08 Å². The lowest BCUT2D eigenvalue weighted by molar-refractivity contribution is -0.423. The second-order valence-corrected chi connectivity index (χ2v) is 3.13. The first-order valence-corrected chi connectivity index (χ1v) is 3.84. The zero-order chi connectivity index (χ0) is 9.30. The van der Waals surface area contributed by atoms with E-state index in [1.807, 2.05) is 0 Å². The molecule has 66 valence electrons. The molecule has 0 heterocycles. The molecule has 0 fully saturated rings. The van der Waals surface area contributed by atoms with Crippen LogP contribution in [0.15, 0.2) is 23.7 Å². The maximum Gasteiger partial charge on any atom is 0.300 e. The van der Waals surface area contributed by atoms with E-state index < -0.39 is 21.8 Å². The van der Waals surface area contributed by atoms with Crippen LogP contribution < -0.4 is 0 Å². The molecular formula is C7H7ClFNO2. The zero-order valence-electron chi connectivity index (χ0n) is 6.33. The number of halogens is 2. The maximum atomic E-state index is 12.8. The van der Waals surface area contributed by atoms with Crippen molar-refractivity contribution in [3.8, 4) is 0 Å². The Balaban J connectivity index is 2.96. The van der Waals surface area contributed by atoms with Crippen LogP contribution in [0.1, 0.15) is 6.92 Å². The fourth-order valence-corrected chi connectivity index (χ4v) is 1.13. The second kappa shape index (κ2) is 3.23. The lowest BCUT2D eigenvalue weighted by atomic mass is 10.0. The molecule has 0 aromatic heterocycles. The molecule has 12 heavy (non-hydrogen) atoms. The third-order valence-corrected chi connectivity index (χ3v) is 2.19. The van der Waals surface area contributed by atoms with E-state index >= 15 is 0 Å². The summed E-state index contributed by atoms with van der Waals surface area (Å²) in [6.07, 6.45) is 2.29. The average Bonchev–Trinajstić information content (AvgIpc) is 1.96. The predicted molar refractivity (Wildman–Crippen MR) is 43.1 cm³/mol. The van der Waals surface area contributed by atoms with E-state index in [9.17, 15) is 14.5 Å². The van der Waals surface area contributed by atoms with Gasteiger partial charge in [0.1, 0.15) is 0 Å². The van der Waals surface area contributed by atoms with E-state index in [4.69, 9.17) is 11.6 Å². The second-order valence-electron chi connectivity index (χ2n) is 2.63. The van der Waals surface area contributed by atoms with Crippen LogP contribution in [0.3, 0.4) is 0 Å². The Labute approximate surface area is 73.7 Å². The first kappa shape index (κ1) is 9.19. The van der Waals surface area contributed by atoms with Crippen molar-refractivity contribution in [3.63, 3.8) is 0 Å². The highest BCUT2D eigenvalue weighted by Gasteiger charge is 2.27. The average molecular weight is 192 g/mol. The molecule has 0 aliphatic heterocycles. The Hall–Kier alpha value is -0.900. The number of alkyl halides is 1. The molecule has 1 rings (SSSR count). The van der Waals surface area contributed by atoms with Crippen molar-refractivity contribution in [2.24, 2.45) is 5.92 Å². The number of rotatable bonds is 1. The highest BCUT2D eigenvalue weighted by atomic mass is 35.5. The van der Waals surface area contributed by atoms with Crippen molar-refractivity contribution in [3.05, 3.63) is 33.8 Å². The van der Waals surface area contributed by atoms with Gasteiger partial charge in [-0.15, -0.1) is 11.6 Å². The van der Waals surface area contributed by atoms with Gasteiger partial charge in [0, 0.05) is 12.0 Å². The van der Waals surface area contributed by atoms with Crippen molar-refractivity contribution < 1.29 is 9.31 Å². The van der Waals surface area contributed by atoms with Crippen LogP contribution in [0.5, 0.6) is 0 Å². The summed E-state index contributed by atoms with van der Waals surface area (Å²) in [6.45, 7) is 1.70. The summed E-state index contributed by atoms with van der Waals surface area (Å²) < 4.78 is 12.8. The molecule has 2 atom stereocenters. The van der Waals surface area contributed by atoms with Gasteiger partial charge in [0.05, 0.1) is 10.3 Å². The summed E-state index contributed by atoms with van der Waals surface area (Å²) in [7, 11) is 0. The van der Waals surface area contributed by atoms with Crippen LogP contribution >= 0.6 is 11.6 Å². The van der Waals surface area contributed by atoms with Crippen LogP contribution in [0.2, 0.25) is 0 Å². The lowest BCUT2D eigenvalue weighted by Gasteiger charge is -2.13. The summed E-state index contributed by atoms with van der Waals surface area (Å²) >= 11 is 5.65. The molecule has 0 N–H and O–H groups in total. The van der Waals surface area contributed by atoms with E-state index in [1.54, 1.807) is 6.92 Å². The van der Waals surface area contributed by atoms with Gasteiger partial charge >= 0.3 is 5.70 Å². The lowest BCUT2D eigenvalue weighted by Crippen LogP contribution is -2.15. The highest BCUT2D eigenvalue weighted by Crippen LogP contribution is 2.27. The van der Waals surface area contributed by atoms with Crippen LogP contribution in [0.25, 0.3) is 0 Å². The number of hydrogen-bond acceptors (Lipinski definition) is 2. The number of allylic oxidation sites excluding steroid dienone is 3. The molecular weight excluding hydrogens is 185 g/mol. The normalized spacial score (nSPS) is 29.2. The van der Waals surface area contributed by atoms with Crippen LogP contribution in [0, 0.1) is 16.0 Å².